The highest BCUT2D eigenvalue weighted by Gasteiger charge is 2.25. The number of ketones is 1. The van der Waals surface area contributed by atoms with Crippen LogP contribution in [-0.2, 0) is 18.9 Å². The molecule has 2 heterocycles. The molecule has 1 saturated carbocycles. The molecule has 0 bridgehead atoms. The third kappa shape index (κ3) is 5.14. The molecule has 0 unspecified atom stereocenters. The second-order valence-corrected chi connectivity index (χ2v) is 11.0. The molecule has 9 nitrogen and oxygen atoms in total. The van der Waals surface area contributed by atoms with Crippen molar-refractivity contribution in [2.24, 2.45) is 20.0 Å². The molecular weight excluding hydrogens is 618 g/mol. The molecular formula is C28H26FIN4O5. The van der Waals surface area contributed by atoms with Gasteiger partial charge in [0.15, 0.2) is 5.78 Å². The largest absolute Gasteiger partial charge is 0.486 e. The Bertz CT molecular complexity index is 1820. The fraction of sp³-hybridized carbons (Fsp3) is 0.286. The number of hydrogen-bond donors (Lipinski definition) is 1. The third-order valence-corrected chi connectivity index (χ3v) is 7.55. The minimum Gasteiger partial charge on any atom is -0.486 e. The predicted molar refractivity (Wildman–Crippen MR) is 155 cm³/mol. The maximum atomic E-state index is 14.8. The van der Waals surface area contributed by atoms with E-state index in [9.17, 15) is 23.6 Å². The van der Waals surface area contributed by atoms with Crippen LogP contribution in [0.2, 0.25) is 0 Å². The molecule has 39 heavy (non-hydrogen) atoms. The van der Waals surface area contributed by atoms with Gasteiger partial charge in [0.2, 0.25) is 0 Å². The number of aromatic nitrogens is 3. The smallest absolute Gasteiger partial charge is 0.335 e. The van der Waals surface area contributed by atoms with Crippen LogP contribution < -0.4 is 26.9 Å². The minimum atomic E-state index is -0.669. The Hall–Kier alpha value is -3.74. The number of ether oxygens (including phenoxy) is 1. The Labute approximate surface area is 236 Å². The third-order valence-electron chi connectivity index (χ3n) is 6.88. The van der Waals surface area contributed by atoms with Gasteiger partial charge >= 0.3 is 5.69 Å². The van der Waals surface area contributed by atoms with Crippen LogP contribution >= 0.6 is 22.6 Å². The molecule has 1 N–H and O–H groups in total. The maximum absolute atomic E-state index is 14.8. The summed E-state index contributed by atoms with van der Waals surface area (Å²) in [6.07, 6.45) is 2.62. The lowest BCUT2D eigenvalue weighted by atomic mass is 10.1. The number of hydrogen-bond acceptors (Lipinski definition) is 6. The van der Waals surface area contributed by atoms with Crippen LogP contribution in [0.1, 0.15) is 24.8 Å². The lowest BCUT2D eigenvalue weighted by Gasteiger charge is -2.20. The topological polar surface area (TPSA) is 104 Å². The van der Waals surface area contributed by atoms with Gasteiger partial charge in [-0.3, -0.25) is 28.1 Å². The number of pyridine rings is 1. The number of anilines is 2. The number of benzene rings is 2. The van der Waals surface area contributed by atoms with E-state index in [2.05, 4.69) is 5.32 Å². The highest BCUT2D eigenvalue weighted by atomic mass is 127. The first kappa shape index (κ1) is 26.9. The second-order valence-electron chi connectivity index (χ2n) is 9.76. The van der Waals surface area contributed by atoms with Gasteiger partial charge < -0.3 is 10.1 Å². The Morgan fingerprint density at radius 1 is 1.08 bits per heavy atom. The average Bonchev–Trinajstić information content (AvgIpc) is 3.72. The molecule has 5 rings (SSSR count). The summed E-state index contributed by atoms with van der Waals surface area (Å²) < 4.78 is 24.6. The summed E-state index contributed by atoms with van der Waals surface area (Å²) in [5.41, 5.74) is -1.09. The van der Waals surface area contributed by atoms with Crippen molar-refractivity contribution in [2.45, 2.75) is 26.2 Å². The fourth-order valence-electron chi connectivity index (χ4n) is 4.59. The number of nitrogens with one attached hydrogen (secondary N) is 1. The zero-order chi connectivity index (χ0) is 28.0. The number of aryl methyl sites for hydroxylation is 1. The van der Waals surface area contributed by atoms with Crippen molar-refractivity contribution in [1.29, 1.82) is 0 Å². The van der Waals surface area contributed by atoms with Gasteiger partial charge in [-0.1, -0.05) is 6.07 Å². The van der Waals surface area contributed by atoms with Gasteiger partial charge in [0.05, 0.1) is 16.9 Å². The number of rotatable bonds is 8. The monoisotopic (exact) mass is 644 g/mol. The molecule has 1 aliphatic rings. The Morgan fingerprint density at radius 2 is 1.82 bits per heavy atom. The summed E-state index contributed by atoms with van der Waals surface area (Å²) in [4.78, 5) is 52.4. The van der Waals surface area contributed by atoms with Crippen molar-refractivity contribution in [3.8, 4) is 11.4 Å². The molecule has 1 fully saturated rings. The SMILES string of the molecule is Cc1c(=O)n(C)c(Nc2ccc(I)cc2F)c2c(=O)n(C)c(=O)n(-c3cccc(OCC(=O)CC4CC4)c3)c12. The van der Waals surface area contributed by atoms with Crippen molar-refractivity contribution in [1.82, 2.24) is 13.7 Å². The molecule has 0 aliphatic heterocycles. The van der Waals surface area contributed by atoms with E-state index >= 15 is 0 Å². The molecule has 2 aromatic heterocycles. The Morgan fingerprint density at radius 3 is 2.51 bits per heavy atom. The average molecular weight is 644 g/mol. The van der Waals surface area contributed by atoms with E-state index in [1.165, 1.54) is 42.3 Å². The molecule has 0 amide bonds. The standard InChI is InChI=1S/C28H26FIN4O5/c1-15-24-23(25(32(2)26(15)36)31-22-10-9-17(30)12-21(22)29)27(37)33(3)28(38)34(24)18-5-4-6-20(13-18)39-14-19(35)11-16-7-8-16/h4-6,9-10,12-13,16,31H,7-8,11,14H2,1-3H3. The van der Waals surface area contributed by atoms with Gasteiger partial charge in [0.1, 0.15) is 29.4 Å². The van der Waals surface area contributed by atoms with Crippen LogP contribution in [0.4, 0.5) is 15.9 Å². The summed E-state index contributed by atoms with van der Waals surface area (Å²) >= 11 is 1.98. The zero-order valence-electron chi connectivity index (χ0n) is 21.6. The molecule has 0 atom stereocenters. The summed E-state index contributed by atoms with van der Waals surface area (Å²) in [7, 11) is 2.82. The van der Waals surface area contributed by atoms with E-state index in [1.54, 1.807) is 30.3 Å². The van der Waals surface area contributed by atoms with Crippen molar-refractivity contribution >= 4 is 50.8 Å². The lowest BCUT2D eigenvalue weighted by molar-refractivity contribution is -0.121. The highest BCUT2D eigenvalue weighted by Crippen LogP contribution is 2.32. The van der Waals surface area contributed by atoms with Crippen LogP contribution in [0.15, 0.2) is 56.8 Å². The van der Waals surface area contributed by atoms with Crippen LogP contribution in [0.25, 0.3) is 16.6 Å². The molecule has 11 heteroatoms. The number of Topliss-reactive ketones (excluding diaryl/α,β-unsaturated/α-hetero) is 1. The molecule has 4 aromatic rings. The van der Waals surface area contributed by atoms with Gasteiger partial charge in [-0.15, -0.1) is 0 Å². The quantitative estimate of drug-likeness (QED) is 0.292. The molecule has 0 spiro atoms. The van der Waals surface area contributed by atoms with Crippen LogP contribution in [0, 0.1) is 22.2 Å². The first-order valence-corrected chi connectivity index (χ1v) is 13.5. The zero-order valence-corrected chi connectivity index (χ0v) is 23.7. The summed E-state index contributed by atoms with van der Waals surface area (Å²) in [6, 6.07) is 11.1. The number of carbonyl (C=O) groups excluding carboxylic acids is 1. The number of fused-ring (bicyclic) bond motifs is 1. The number of halogens is 2. The lowest BCUT2D eigenvalue weighted by Crippen LogP contribution is -2.40. The maximum Gasteiger partial charge on any atom is 0.335 e. The van der Waals surface area contributed by atoms with Crippen molar-refractivity contribution < 1.29 is 13.9 Å². The first-order chi connectivity index (χ1) is 18.6. The first-order valence-electron chi connectivity index (χ1n) is 12.4. The molecule has 0 radical (unpaired) electrons. The van der Waals surface area contributed by atoms with Gasteiger partial charge in [-0.05, 0) is 78.6 Å². The van der Waals surface area contributed by atoms with Crippen LogP contribution in [0.5, 0.6) is 5.75 Å². The Kier molecular flexibility index (Phi) is 7.19. The van der Waals surface area contributed by atoms with E-state index in [1.807, 2.05) is 22.6 Å². The van der Waals surface area contributed by atoms with E-state index in [4.69, 9.17) is 4.74 Å². The van der Waals surface area contributed by atoms with E-state index in [0.717, 1.165) is 17.4 Å². The van der Waals surface area contributed by atoms with Crippen molar-refractivity contribution in [3.63, 3.8) is 0 Å². The molecule has 202 valence electrons. The van der Waals surface area contributed by atoms with Crippen molar-refractivity contribution in [2.75, 3.05) is 11.9 Å². The highest BCUT2D eigenvalue weighted by molar-refractivity contribution is 14.1. The van der Waals surface area contributed by atoms with Crippen LogP contribution in [0.3, 0.4) is 0 Å². The van der Waals surface area contributed by atoms with Gasteiger partial charge in [-0.2, -0.15) is 0 Å². The van der Waals surface area contributed by atoms with E-state index in [0.29, 0.717) is 27.3 Å². The normalized spacial score (nSPS) is 13.1. The summed E-state index contributed by atoms with van der Waals surface area (Å²) in [5, 5.41) is 2.95. The molecule has 2 aromatic carbocycles. The van der Waals surface area contributed by atoms with Gasteiger partial charge in [0.25, 0.3) is 11.1 Å². The summed E-state index contributed by atoms with van der Waals surface area (Å²) in [6.45, 7) is 1.45. The van der Waals surface area contributed by atoms with Gasteiger partial charge in [-0.25, -0.2) is 9.18 Å². The number of carbonyl (C=O) groups is 1. The Balaban J connectivity index is 1.69. The van der Waals surface area contributed by atoms with E-state index < -0.39 is 22.6 Å². The molecule has 1 aliphatic carbocycles. The van der Waals surface area contributed by atoms with Crippen molar-refractivity contribution in [3.05, 3.63) is 88.6 Å². The number of nitrogens with zero attached hydrogens (tertiary/aromatic N) is 3. The minimum absolute atomic E-state index is 0.00511. The van der Waals surface area contributed by atoms with E-state index in [-0.39, 0.29) is 40.4 Å². The predicted octanol–water partition coefficient (Wildman–Crippen LogP) is 3.93. The second kappa shape index (κ2) is 10.4. The van der Waals surface area contributed by atoms with Gasteiger partial charge in [0, 0.05) is 35.7 Å². The summed E-state index contributed by atoms with van der Waals surface area (Å²) in [5.74, 6) is 0.309. The fourth-order valence-corrected chi connectivity index (χ4v) is 5.04. The molecule has 0 saturated heterocycles. The van der Waals surface area contributed by atoms with Crippen LogP contribution in [-0.4, -0.2) is 26.1 Å².